The Bertz CT molecular complexity index is 960. The number of aliphatic hydroxyl groups is 2. The Kier molecular flexibility index (Phi) is 8.76. The fraction of sp³-hybridized carbons (Fsp3) is 0.300. The number of aromatic nitrogens is 4. The zero-order chi connectivity index (χ0) is 20.2. The number of para-hydroxylation sites is 1. The molecule has 0 spiro atoms. The Morgan fingerprint density at radius 1 is 1.10 bits per heavy atom. The van der Waals surface area contributed by atoms with Crippen LogP contribution < -0.4 is 10.6 Å². The lowest BCUT2D eigenvalue weighted by Crippen LogP contribution is -2.44. The van der Waals surface area contributed by atoms with Crippen LogP contribution in [0.25, 0.3) is 11.3 Å². The second kappa shape index (κ2) is 11.1. The topological polar surface area (TPSA) is 125 Å². The molecular weight excluding hydrogens is 443 g/mol. The molecule has 2 amide bonds. The molecule has 1 aliphatic carbocycles. The first-order valence-electron chi connectivity index (χ1n) is 9.39. The molecule has 1 aromatic carbocycles. The summed E-state index contributed by atoms with van der Waals surface area (Å²) in [5, 5.41) is 34.5. The highest BCUT2D eigenvalue weighted by molar-refractivity contribution is 5.89. The van der Waals surface area contributed by atoms with E-state index < -0.39 is 24.3 Å². The average Bonchev–Trinajstić information content (AvgIpc) is 3.30. The van der Waals surface area contributed by atoms with Gasteiger partial charge in [-0.25, -0.2) is 4.79 Å². The second-order valence-electron chi connectivity index (χ2n) is 7.12. The fourth-order valence-corrected chi connectivity index (χ4v) is 3.58. The van der Waals surface area contributed by atoms with Gasteiger partial charge in [0.05, 0.1) is 18.3 Å². The quantitative estimate of drug-likeness (QED) is 0.456. The summed E-state index contributed by atoms with van der Waals surface area (Å²) in [6.07, 6.45) is 3.57. The van der Waals surface area contributed by atoms with Crippen LogP contribution in [0, 0.1) is 5.92 Å². The molecule has 1 aliphatic rings. The Hall–Kier alpha value is -2.72. The highest BCUT2D eigenvalue weighted by Crippen LogP contribution is 2.28. The Morgan fingerprint density at radius 2 is 1.87 bits per heavy atom. The van der Waals surface area contributed by atoms with E-state index in [0.717, 1.165) is 5.56 Å². The van der Waals surface area contributed by atoms with Crippen molar-refractivity contribution in [2.45, 2.75) is 31.2 Å². The maximum absolute atomic E-state index is 12.2. The highest BCUT2D eigenvalue weighted by atomic mass is 35.5. The van der Waals surface area contributed by atoms with Crippen LogP contribution in [-0.2, 0) is 6.54 Å². The molecule has 1 fully saturated rings. The monoisotopic (exact) mass is 466 g/mol. The zero-order valence-corrected chi connectivity index (χ0v) is 18.0. The van der Waals surface area contributed by atoms with Crippen molar-refractivity contribution in [2.75, 3.05) is 5.32 Å². The van der Waals surface area contributed by atoms with E-state index in [1.807, 2.05) is 30.3 Å². The number of pyridine rings is 1. The predicted molar refractivity (Wildman–Crippen MR) is 120 cm³/mol. The third kappa shape index (κ3) is 5.92. The largest absolute Gasteiger partial charge is 0.390 e. The number of nitrogens with one attached hydrogen (secondary N) is 2. The zero-order valence-electron chi connectivity index (χ0n) is 16.4. The summed E-state index contributed by atoms with van der Waals surface area (Å²) in [6.45, 7) is 0.379. The van der Waals surface area contributed by atoms with Gasteiger partial charge < -0.3 is 20.8 Å². The minimum absolute atomic E-state index is 0. The summed E-state index contributed by atoms with van der Waals surface area (Å²) < 4.78 is 1.63. The van der Waals surface area contributed by atoms with Crippen LogP contribution >= 0.6 is 24.8 Å². The molecule has 0 bridgehead atoms. The van der Waals surface area contributed by atoms with Gasteiger partial charge in [0, 0.05) is 36.1 Å². The number of anilines is 1. The molecule has 0 unspecified atom stereocenters. The van der Waals surface area contributed by atoms with Gasteiger partial charge in [0.25, 0.3) is 0 Å². The number of amides is 2. The van der Waals surface area contributed by atoms with Gasteiger partial charge in [0.1, 0.15) is 11.8 Å². The lowest BCUT2D eigenvalue weighted by Gasteiger charge is -2.18. The van der Waals surface area contributed by atoms with Crippen molar-refractivity contribution < 1.29 is 15.0 Å². The standard InChI is InChI=1S/C20H22N6O3.2ClH/c27-18-14(11-26-12-17(24-25-26)13-5-4-8-21-10-13)9-16(19(18)28)23-20(29)22-15-6-2-1-3-7-15;;/h1-8,10,12,14,16,18-19,27-28H,9,11H2,(H2,22,23,29);2*1H/t14-,16-,18-,19+;;/m1../s1. The lowest BCUT2D eigenvalue weighted by molar-refractivity contribution is 0.00878. The summed E-state index contributed by atoms with van der Waals surface area (Å²) in [5.74, 6) is -0.268. The van der Waals surface area contributed by atoms with E-state index in [1.165, 1.54) is 0 Å². The number of urea groups is 1. The minimum Gasteiger partial charge on any atom is -0.390 e. The Morgan fingerprint density at radius 3 is 2.58 bits per heavy atom. The van der Waals surface area contributed by atoms with Crippen LogP contribution in [0.4, 0.5) is 10.5 Å². The number of halogens is 2. The third-order valence-electron chi connectivity index (χ3n) is 5.07. The third-order valence-corrected chi connectivity index (χ3v) is 5.07. The van der Waals surface area contributed by atoms with Crippen molar-refractivity contribution in [3.8, 4) is 11.3 Å². The van der Waals surface area contributed by atoms with E-state index >= 15 is 0 Å². The number of carbonyl (C=O) groups excluding carboxylic acids is 1. The van der Waals surface area contributed by atoms with Crippen LogP contribution in [0.3, 0.4) is 0 Å². The summed E-state index contributed by atoms with van der Waals surface area (Å²) in [4.78, 5) is 16.3. The Balaban J connectivity index is 0.00000171. The number of carbonyl (C=O) groups is 1. The van der Waals surface area contributed by atoms with Crippen LogP contribution in [-0.4, -0.2) is 54.5 Å². The molecule has 4 atom stereocenters. The molecule has 0 aliphatic heterocycles. The van der Waals surface area contributed by atoms with Crippen LogP contribution in [0.15, 0.2) is 61.1 Å². The first kappa shape index (κ1) is 24.5. The van der Waals surface area contributed by atoms with E-state index in [2.05, 4.69) is 25.9 Å². The summed E-state index contributed by atoms with van der Waals surface area (Å²) in [6, 6.07) is 11.8. The molecule has 4 N–H and O–H groups in total. The molecule has 166 valence electrons. The van der Waals surface area contributed by atoms with Crippen molar-refractivity contribution in [1.29, 1.82) is 0 Å². The SMILES string of the molecule is Cl.Cl.O=C(Nc1ccccc1)N[C@@H]1C[C@H](Cn2cc(-c3cccnc3)nn2)[C@@H](O)[C@H]1O. The molecule has 4 rings (SSSR count). The number of hydrogen-bond donors (Lipinski definition) is 4. The smallest absolute Gasteiger partial charge is 0.319 e. The van der Waals surface area contributed by atoms with Gasteiger partial charge in [-0.3, -0.25) is 9.67 Å². The number of nitrogens with zero attached hydrogens (tertiary/aromatic N) is 4. The van der Waals surface area contributed by atoms with Gasteiger partial charge in [-0.15, -0.1) is 29.9 Å². The second-order valence-corrected chi connectivity index (χ2v) is 7.12. The number of rotatable bonds is 5. The van der Waals surface area contributed by atoms with Crippen LogP contribution in [0.5, 0.6) is 0 Å². The molecule has 2 heterocycles. The summed E-state index contributed by atoms with van der Waals surface area (Å²) >= 11 is 0. The van der Waals surface area contributed by atoms with E-state index in [-0.39, 0.29) is 30.7 Å². The van der Waals surface area contributed by atoms with E-state index in [0.29, 0.717) is 24.3 Å². The van der Waals surface area contributed by atoms with Gasteiger partial charge >= 0.3 is 6.03 Å². The van der Waals surface area contributed by atoms with E-state index in [1.54, 1.807) is 35.4 Å². The van der Waals surface area contributed by atoms with Gasteiger partial charge in [-0.05, 0) is 30.7 Å². The first-order valence-corrected chi connectivity index (χ1v) is 9.39. The van der Waals surface area contributed by atoms with Crippen LogP contribution in [0.2, 0.25) is 0 Å². The molecule has 1 saturated carbocycles. The van der Waals surface area contributed by atoms with Gasteiger partial charge in [0.2, 0.25) is 0 Å². The van der Waals surface area contributed by atoms with E-state index in [9.17, 15) is 15.0 Å². The van der Waals surface area contributed by atoms with Crippen LogP contribution in [0.1, 0.15) is 6.42 Å². The highest BCUT2D eigenvalue weighted by Gasteiger charge is 2.42. The van der Waals surface area contributed by atoms with Gasteiger partial charge in [0.15, 0.2) is 0 Å². The Labute approximate surface area is 191 Å². The molecule has 9 nitrogen and oxygen atoms in total. The minimum atomic E-state index is -1.05. The molecule has 31 heavy (non-hydrogen) atoms. The van der Waals surface area contributed by atoms with Crippen molar-refractivity contribution in [3.05, 3.63) is 61.1 Å². The molecule has 3 aromatic rings. The average molecular weight is 467 g/mol. The molecule has 2 aromatic heterocycles. The normalized spacial score (nSPS) is 22.1. The first-order chi connectivity index (χ1) is 14.1. The molecular formula is C20H24Cl2N6O3. The number of hydrogen-bond acceptors (Lipinski definition) is 6. The fourth-order valence-electron chi connectivity index (χ4n) is 3.58. The molecule has 0 saturated heterocycles. The van der Waals surface area contributed by atoms with E-state index in [4.69, 9.17) is 0 Å². The predicted octanol–water partition coefficient (Wildman–Crippen LogP) is 2.12. The molecule has 0 radical (unpaired) electrons. The van der Waals surface area contributed by atoms with Gasteiger partial charge in [-0.2, -0.15) is 0 Å². The van der Waals surface area contributed by atoms with Crippen molar-refractivity contribution in [2.24, 2.45) is 5.92 Å². The summed E-state index contributed by atoms with van der Waals surface area (Å²) in [7, 11) is 0. The van der Waals surface area contributed by atoms with Crippen molar-refractivity contribution in [3.63, 3.8) is 0 Å². The maximum Gasteiger partial charge on any atom is 0.319 e. The number of benzene rings is 1. The summed E-state index contributed by atoms with van der Waals surface area (Å²) in [5.41, 5.74) is 2.19. The molecule has 11 heteroatoms. The van der Waals surface area contributed by atoms with Crippen molar-refractivity contribution >= 4 is 36.5 Å². The van der Waals surface area contributed by atoms with Gasteiger partial charge in [-0.1, -0.05) is 23.4 Å². The number of aliphatic hydroxyl groups excluding tert-OH is 2. The lowest BCUT2D eigenvalue weighted by atomic mass is 10.1. The maximum atomic E-state index is 12.2. The van der Waals surface area contributed by atoms with Crippen molar-refractivity contribution in [1.82, 2.24) is 25.3 Å².